The molecule has 0 radical (unpaired) electrons. The van der Waals surface area contributed by atoms with Crippen LogP contribution in [0.1, 0.15) is 16.1 Å². The van der Waals surface area contributed by atoms with E-state index in [2.05, 4.69) is 9.82 Å². The van der Waals surface area contributed by atoms with E-state index in [1.165, 1.54) is 10.9 Å². The summed E-state index contributed by atoms with van der Waals surface area (Å²) in [5.74, 6) is -0.0826. The molecule has 0 unspecified atom stereocenters. The van der Waals surface area contributed by atoms with Crippen molar-refractivity contribution in [2.45, 2.75) is 11.8 Å². The van der Waals surface area contributed by atoms with Gasteiger partial charge in [-0.05, 0) is 31.2 Å². The molecular weight excluding hydrogens is 344 g/mol. The minimum absolute atomic E-state index is 0.0826. The first kappa shape index (κ1) is 17.4. The molecule has 1 N–H and O–H groups in total. The number of amides is 1. The van der Waals surface area contributed by atoms with Crippen LogP contribution in [-0.4, -0.2) is 55.3 Å². The number of hydrogen-bond donors (Lipinski definition) is 1. The van der Waals surface area contributed by atoms with E-state index in [0.29, 0.717) is 43.2 Å². The van der Waals surface area contributed by atoms with Gasteiger partial charge in [0.2, 0.25) is 0 Å². The van der Waals surface area contributed by atoms with Crippen LogP contribution < -0.4 is 4.72 Å². The molecule has 8 nitrogen and oxygen atoms in total. The van der Waals surface area contributed by atoms with Crippen molar-refractivity contribution in [3.63, 3.8) is 0 Å². The molecule has 1 saturated heterocycles. The van der Waals surface area contributed by atoms with Gasteiger partial charge in [0.1, 0.15) is 4.90 Å². The van der Waals surface area contributed by atoms with Crippen molar-refractivity contribution >= 4 is 21.6 Å². The normalized spacial score (nSPS) is 15.2. The van der Waals surface area contributed by atoms with E-state index in [9.17, 15) is 13.2 Å². The molecule has 0 atom stereocenters. The summed E-state index contributed by atoms with van der Waals surface area (Å²) >= 11 is 0. The lowest BCUT2D eigenvalue weighted by molar-refractivity contribution is 0.0303. The third kappa shape index (κ3) is 3.83. The molecule has 25 heavy (non-hydrogen) atoms. The number of nitrogens with zero attached hydrogens (tertiary/aromatic N) is 3. The van der Waals surface area contributed by atoms with Crippen LogP contribution in [0.3, 0.4) is 0 Å². The van der Waals surface area contributed by atoms with Crippen LogP contribution in [0, 0.1) is 6.92 Å². The summed E-state index contributed by atoms with van der Waals surface area (Å²) in [6.07, 6.45) is 1.45. The Labute approximate surface area is 146 Å². The zero-order chi connectivity index (χ0) is 18.0. The predicted octanol–water partition coefficient (Wildman–Crippen LogP) is 1.00. The minimum Gasteiger partial charge on any atom is -0.378 e. The summed E-state index contributed by atoms with van der Waals surface area (Å²) in [5.41, 5.74) is 1.33. The molecule has 1 aromatic carbocycles. The maximum Gasteiger partial charge on any atom is 0.265 e. The zero-order valence-electron chi connectivity index (χ0n) is 14.1. The molecule has 1 amide bonds. The molecule has 3 rings (SSSR count). The maximum atomic E-state index is 12.4. The lowest BCUT2D eigenvalue weighted by atomic mass is 10.2. The van der Waals surface area contributed by atoms with Crippen LogP contribution >= 0.6 is 0 Å². The first-order valence-electron chi connectivity index (χ1n) is 7.87. The van der Waals surface area contributed by atoms with Gasteiger partial charge in [0.05, 0.1) is 18.9 Å². The number of carbonyl (C=O) groups is 1. The van der Waals surface area contributed by atoms with Gasteiger partial charge in [0, 0.05) is 37.6 Å². The Hall–Kier alpha value is -2.39. The summed E-state index contributed by atoms with van der Waals surface area (Å²) in [4.78, 5) is 14.2. The lowest BCUT2D eigenvalue weighted by Crippen LogP contribution is -2.40. The standard InChI is InChI=1S/C16H20N4O4S/c1-12-15(11-19(2)17-12)25(22,23)18-14-5-3-13(4-6-14)16(21)20-7-9-24-10-8-20/h3-6,11,18H,7-10H2,1-2H3. The molecule has 0 saturated carbocycles. The molecule has 1 aromatic heterocycles. The number of benzene rings is 1. The van der Waals surface area contributed by atoms with E-state index in [0.717, 1.165) is 0 Å². The number of aromatic nitrogens is 2. The van der Waals surface area contributed by atoms with Crippen LogP contribution in [0.5, 0.6) is 0 Å². The molecule has 134 valence electrons. The second-order valence-electron chi connectivity index (χ2n) is 5.84. The predicted molar refractivity (Wildman–Crippen MR) is 91.9 cm³/mol. The highest BCUT2D eigenvalue weighted by molar-refractivity contribution is 7.92. The topological polar surface area (TPSA) is 93.5 Å². The van der Waals surface area contributed by atoms with Gasteiger partial charge in [-0.15, -0.1) is 0 Å². The number of nitrogens with one attached hydrogen (secondary N) is 1. The number of sulfonamides is 1. The fourth-order valence-electron chi connectivity index (χ4n) is 2.68. The Bertz CT molecular complexity index is 868. The Morgan fingerprint density at radius 1 is 1.20 bits per heavy atom. The summed E-state index contributed by atoms with van der Waals surface area (Å²) in [7, 11) is -2.06. The summed E-state index contributed by atoms with van der Waals surface area (Å²) in [6, 6.07) is 6.39. The van der Waals surface area contributed by atoms with Gasteiger partial charge >= 0.3 is 0 Å². The third-order valence-corrected chi connectivity index (χ3v) is 5.42. The maximum absolute atomic E-state index is 12.4. The van der Waals surface area contributed by atoms with Gasteiger partial charge in [-0.2, -0.15) is 5.10 Å². The Morgan fingerprint density at radius 3 is 2.40 bits per heavy atom. The number of rotatable bonds is 4. The first-order chi connectivity index (χ1) is 11.9. The van der Waals surface area contributed by atoms with E-state index in [4.69, 9.17) is 4.74 Å². The molecule has 1 fully saturated rings. The average Bonchev–Trinajstić information content (AvgIpc) is 2.95. The number of ether oxygens (including phenoxy) is 1. The number of hydrogen-bond acceptors (Lipinski definition) is 5. The second kappa shape index (κ2) is 6.85. The second-order valence-corrected chi connectivity index (χ2v) is 7.49. The van der Waals surface area contributed by atoms with Crippen molar-refractivity contribution in [3.8, 4) is 0 Å². The number of morpholine rings is 1. The van der Waals surface area contributed by atoms with E-state index in [-0.39, 0.29) is 10.8 Å². The first-order valence-corrected chi connectivity index (χ1v) is 9.35. The van der Waals surface area contributed by atoms with Gasteiger partial charge in [-0.3, -0.25) is 14.2 Å². The van der Waals surface area contributed by atoms with E-state index in [1.54, 1.807) is 43.1 Å². The Kier molecular flexibility index (Phi) is 4.78. The SMILES string of the molecule is Cc1nn(C)cc1S(=O)(=O)Nc1ccc(C(=O)N2CCOCC2)cc1. The van der Waals surface area contributed by atoms with Crippen LogP contribution in [0.2, 0.25) is 0 Å². The minimum atomic E-state index is -3.72. The third-order valence-electron chi connectivity index (χ3n) is 3.94. The van der Waals surface area contributed by atoms with Crippen LogP contribution in [-0.2, 0) is 21.8 Å². The van der Waals surface area contributed by atoms with Crippen molar-refractivity contribution in [1.82, 2.24) is 14.7 Å². The lowest BCUT2D eigenvalue weighted by Gasteiger charge is -2.26. The monoisotopic (exact) mass is 364 g/mol. The highest BCUT2D eigenvalue weighted by atomic mass is 32.2. The van der Waals surface area contributed by atoms with Crippen LogP contribution in [0.15, 0.2) is 35.4 Å². The van der Waals surface area contributed by atoms with Crippen molar-refractivity contribution in [2.24, 2.45) is 7.05 Å². The average molecular weight is 364 g/mol. The quantitative estimate of drug-likeness (QED) is 0.874. The molecule has 2 aromatic rings. The zero-order valence-corrected chi connectivity index (χ0v) is 14.9. The fraction of sp³-hybridized carbons (Fsp3) is 0.375. The molecule has 0 spiro atoms. The van der Waals surface area contributed by atoms with Gasteiger partial charge in [-0.25, -0.2) is 8.42 Å². The van der Waals surface area contributed by atoms with E-state index >= 15 is 0 Å². The van der Waals surface area contributed by atoms with Crippen molar-refractivity contribution in [3.05, 3.63) is 41.7 Å². The highest BCUT2D eigenvalue weighted by Gasteiger charge is 2.21. The number of aryl methyl sites for hydroxylation is 2. The number of anilines is 1. The highest BCUT2D eigenvalue weighted by Crippen LogP contribution is 2.19. The Morgan fingerprint density at radius 2 is 1.84 bits per heavy atom. The molecule has 2 heterocycles. The van der Waals surface area contributed by atoms with Crippen molar-refractivity contribution < 1.29 is 17.9 Å². The fourth-order valence-corrected chi connectivity index (χ4v) is 3.96. The molecule has 0 bridgehead atoms. The van der Waals surface area contributed by atoms with Crippen LogP contribution in [0.25, 0.3) is 0 Å². The molecular formula is C16H20N4O4S. The summed E-state index contributed by atoms with van der Waals surface area (Å²) < 4.78 is 34.1. The van der Waals surface area contributed by atoms with Gasteiger partial charge in [-0.1, -0.05) is 0 Å². The molecule has 1 aliphatic rings. The molecule has 9 heteroatoms. The summed E-state index contributed by atoms with van der Waals surface area (Å²) in [5, 5.41) is 4.05. The van der Waals surface area contributed by atoms with Crippen molar-refractivity contribution in [2.75, 3.05) is 31.0 Å². The molecule has 1 aliphatic heterocycles. The van der Waals surface area contributed by atoms with Gasteiger partial charge in [0.15, 0.2) is 0 Å². The Balaban J connectivity index is 1.74. The van der Waals surface area contributed by atoms with E-state index < -0.39 is 10.0 Å². The number of carbonyl (C=O) groups excluding carboxylic acids is 1. The van der Waals surface area contributed by atoms with Crippen LogP contribution in [0.4, 0.5) is 5.69 Å². The largest absolute Gasteiger partial charge is 0.378 e. The summed E-state index contributed by atoms with van der Waals surface area (Å²) in [6.45, 7) is 3.84. The molecule has 0 aliphatic carbocycles. The van der Waals surface area contributed by atoms with E-state index in [1.807, 2.05) is 0 Å². The van der Waals surface area contributed by atoms with Gasteiger partial charge in [0.25, 0.3) is 15.9 Å². The smallest absolute Gasteiger partial charge is 0.265 e. The van der Waals surface area contributed by atoms with Gasteiger partial charge < -0.3 is 9.64 Å². The van der Waals surface area contributed by atoms with Crippen molar-refractivity contribution in [1.29, 1.82) is 0 Å².